The zero-order valence-corrected chi connectivity index (χ0v) is 17.8. The Morgan fingerprint density at radius 3 is 2.10 bits per heavy atom. The summed E-state index contributed by atoms with van der Waals surface area (Å²) >= 11 is 0. The van der Waals surface area contributed by atoms with Crippen LogP contribution in [0.2, 0.25) is 0 Å². The zero-order valence-electron chi connectivity index (χ0n) is 17.8. The van der Waals surface area contributed by atoms with Crippen molar-refractivity contribution in [3.63, 3.8) is 0 Å². The number of rotatable bonds is 6. The van der Waals surface area contributed by atoms with Gasteiger partial charge in [-0.2, -0.15) is 0 Å². The van der Waals surface area contributed by atoms with Gasteiger partial charge in [-0.05, 0) is 23.8 Å². The van der Waals surface area contributed by atoms with Gasteiger partial charge >= 0.3 is 5.97 Å². The van der Waals surface area contributed by atoms with Gasteiger partial charge in [-0.15, -0.1) is 0 Å². The van der Waals surface area contributed by atoms with E-state index in [0.717, 1.165) is 0 Å². The van der Waals surface area contributed by atoms with Crippen molar-refractivity contribution >= 4 is 16.7 Å². The van der Waals surface area contributed by atoms with E-state index >= 15 is 0 Å². The van der Waals surface area contributed by atoms with Gasteiger partial charge in [-0.1, -0.05) is 6.07 Å². The lowest BCUT2D eigenvalue weighted by Gasteiger charge is -2.20. The van der Waals surface area contributed by atoms with E-state index in [1.807, 2.05) is 0 Å². The van der Waals surface area contributed by atoms with Gasteiger partial charge in [0.05, 0.1) is 41.1 Å². The first-order chi connectivity index (χ1) is 15.0. The summed E-state index contributed by atoms with van der Waals surface area (Å²) < 4.78 is 32.7. The third-order valence-electron chi connectivity index (χ3n) is 5.40. The second-order valence-electron chi connectivity index (χ2n) is 6.79. The number of carbonyl (C=O) groups is 1. The molecule has 3 aromatic rings. The Morgan fingerprint density at radius 1 is 0.806 bits per heavy atom. The largest absolute Gasteiger partial charge is 0.507 e. The van der Waals surface area contributed by atoms with Crippen molar-refractivity contribution in [2.75, 3.05) is 35.5 Å². The summed E-state index contributed by atoms with van der Waals surface area (Å²) in [5, 5.41) is 11.9. The first kappa shape index (κ1) is 20.5. The maximum atomic E-state index is 12.7. The van der Waals surface area contributed by atoms with Crippen molar-refractivity contribution in [1.82, 2.24) is 0 Å². The number of phenolic OH excluding ortho intramolecular Hbond substituents is 1. The molecule has 4 rings (SSSR count). The number of methoxy groups -OCH3 is 5. The maximum Gasteiger partial charge on any atom is 0.339 e. The molecule has 0 radical (unpaired) electrons. The third kappa shape index (κ3) is 2.94. The van der Waals surface area contributed by atoms with Crippen molar-refractivity contribution < 1.29 is 38.3 Å². The first-order valence-corrected chi connectivity index (χ1v) is 9.40. The molecule has 1 aliphatic rings. The highest BCUT2D eigenvalue weighted by atomic mass is 16.5. The molecule has 3 aromatic carbocycles. The van der Waals surface area contributed by atoms with Crippen LogP contribution in [0, 0.1) is 0 Å². The second-order valence-corrected chi connectivity index (χ2v) is 6.79. The second kappa shape index (κ2) is 7.79. The van der Waals surface area contributed by atoms with E-state index < -0.39 is 5.97 Å². The molecule has 0 unspecified atom stereocenters. The number of hydrogen-bond donors (Lipinski definition) is 1. The number of phenols is 1. The molecule has 31 heavy (non-hydrogen) atoms. The van der Waals surface area contributed by atoms with Crippen LogP contribution in [0.3, 0.4) is 0 Å². The Balaban J connectivity index is 2.22. The molecule has 0 atom stereocenters. The van der Waals surface area contributed by atoms with Crippen LogP contribution in [-0.2, 0) is 11.3 Å². The minimum absolute atomic E-state index is 0.0348. The molecule has 0 bridgehead atoms. The molecule has 1 heterocycles. The lowest BCUT2D eigenvalue weighted by Crippen LogP contribution is -2.03. The normalized spacial score (nSPS) is 12.4. The molecule has 0 spiro atoms. The zero-order chi connectivity index (χ0) is 22.3. The Labute approximate surface area is 178 Å². The van der Waals surface area contributed by atoms with Crippen LogP contribution in [0.25, 0.3) is 21.9 Å². The van der Waals surface area contributed by atoms with Crippen LogP contribution in [0.4, 0.5) is 0 Å². The van der Waals surface area contributed by atoms with Crippen LogP contribution in [0.1, 0.15) is 15.9 Å². The number of fused-ring (bicyclic) bond motifs is 2. The molecular weight excluding hydrogens is 404 g/mol. The van der Waals surface area contributed by atoms with E-state index in [1.165, 1.54) is 28.4 Å². The number of cyclic esters (lactones) is 1. The maximum absolute atomic E-state index is 12.7. The Morgan fingerprint density at radius 2 is 1.48 bits per heavy atom. The third-order valence-corrected chi connectivity index (χ3v) is 5.40. The van der Waals surface area contributed by atoms with E-state index in [9.17, 15) is 9.90 Å². The van der Waals surface area contributed by atoms with Crippen molar-refractivity contribution in [3.05, 3.63) is 35.4 Å². The average molecular weight is 426 g/mol. The summed E-state index contributed by atoms with van der Waals surface area (Å²) in [6.45, 7) is -0.0348. The van der Waals surface area contributed by atoms with Gasteiger partial charge in [0.25, 0.3) is 0 Å². The van der Waals surface area contributed by atoms with Gasteiger partial charge in [0.2, 0.25) is 5.75 Å². The van der Waals surface area contributed by atoms with Crippen LogP contribution >= 0.6 is 0 Å². The van der Waals surface area contributed by atoms with E-state index in [4.69, 9.17) is 28.4 Å². The van der Waals surface area contributed by atoms with Gasteiger partial charge in [-0.3, -0.25) is 0 Å². The lowest BCUT2D eigenvalue weighted by atomic mass is 9.88. The summed E-state index contributed by atoms with van der Waals surface area (Å²) in [7, 11) is 7.54. The SMILES string of the molecule is COc1ccc(-c2c3c(c(O)c4cc(OC)c(OC)c(OC)c24)COC3=O)cc1OC. The van der Waals surface area contributed by atoms with Crippen molar-refractivity contribution in [2.24, 2.45) is 0 Å². The van der Waals surface area contributed by atoms with Gasteiger partial charge in [0, 0.05) is 21.9 Å². The summed E-state index contributed by atoms with van der Waals surface area (Å²) in [5.41, 5.74) is 1.85. The number of hydrogen-bond acceptors (Lipinski definition) is 8. The molecule has 8 nitrogen and oxygen atoms in total. The number of ether oxygens (including phenoxy) is 6. The summed E-state index contributed by atoms with van der Waals surface area (Å²) in [6, 6.07) is 6.95. The minimum atomic E-state index is -0.533. The smallest absolute Gasteiger partial charge is 0.339 e. The summed E-state index contributed by atoms with van der Waals surface area (Å²) in [4.78, 5) is 12.7. The standard InChI is InChI=1S/C23H22O8/c1-26-14-7-6-11(8-15(14)27-2)17-18-12(20(24)13-10-31-23(25)19(13)17)9-16(28-3)21(29-4)22(18)30-5/h6-9,24H,10H2,1-5H3. The molecule has 0 aromatic heterocycles. The first-order valence-electron chi connectivity index (χ1n) is 9.40. The molecular formula is C23H22O8. The number of benzene rings is 3. The Kier molecular flexibility index (Phi) is 5.14. The van der Waals surface area contributed by atoms with Crippen molar-refractivity contribution in [2.45, 2.75) is 6.61 Å². The van der Waals surface area contributed by atoms with Crippen molar-refractivity contribution in [3.8, 4) is 45.6 Å². The molecule has 0 fully saturated rings. The van der Waals surface area contributed by atoms with Crippen LogP contribution in [-0.4, -0.2) is 46.6 Å². The van der Waals surface area contributed by atoms with Crippen LogP contribution < -0.4 is 23.7 Å². The fourth-order valence-electron chi connectivity index (χ4n) is 4.00. The highest BCUT2D eigenvalue weighted by Crippen LogP contribution is 2.53. The molecule has 1 N–H and O–H groups in total. The highest BCUT2D eigenvalue weighted by molar-refractivity contribution is 6.16. The number of carbonyl (C=O) groups excluding carboxylic acids is 1. The molecule has 162 valence electrons. The summed E-state index contributed by atoms with van der Waals surface area (Å²) in [5.74, 6) is 1.46. The highest BCUT2D eigenvalue weighted by Gasteiger charge is 2.34. The van der Waals surface area contributed by atoms with Crippen molar-refractivity contribution in [1.29, 1.82) is 0 Å². The molecule has 0 saturated carbocycles. The van der Waals surface area contributed by atoms with Gasteiger partial charge in [-0.25, -0.2) is 4.79 Å². The summed E-state index contributed by atoms with van der Waals surface area (Å²) in [6.07, 6.45) is 0. The lowest BCUT2D eigenvalue weighted by molar-refractivity contribution is 0.0535. The molecule has 0 aliphatic carbocycles. The minimum Gasteiger partial charge on any atom is -0.507 e. The molecule has 0 amide bonds. The molecule has 0 saturated heterocycles. The van der Waals surface area contributed by atoms with E-state index in [0.29, 0.717) is 56.2 Å². The molecule has 8 heteroatoms. The van der Waals surface area contributed by atoms with Gasteiger partial charge in [0.15, 0.2) is 23.0 Å². The molecule has 1 aliphatic heterocycles. The van der Waals surface area contributed by atoms with Gasteiger partial charge < -0.3 is 33.5 Å². The Hall–Kier alpha value is -3.81. The quantitative estimate of drug-likeness (QED) is 0.593. The monoisotopic (exact) mass is 426 g/mol. The van der Waals surface area contributed by atoms with E-state index in [1.54, 1.807) is 31.4 Å². The van der Waals surface area contributed by atoms with E-state index in [2.05, 4.69) is 0 Å². The predicted molar refractivity (Wildman–Crippen MR) is 113 cm³/mol. The fraction of sp³-hybridized carbons (Fsp3) is 0.261. The topological polar surface area (TPSA) is 92.7 Å². The number of aromatic hydroxyl groups is 1. The van der Waals surface area contributed by atoms with Gasteiger partial charge in [0.1, 0.15) is 12.4 Å². The van der Waals surface area contributed by atoms with Crippen LogP contribution in [0.5, 0.6) is 34.5 Å². The predicted octanol–water partition coefficient (Wildman–Crippen LogP) is 3.93. The van der Waals surface area contributed by atoms with E-state index in [-0.39, 0.29) is 17.9 Å². The Bertz CT molecular complexity index is 1200. The fourth-order valence-corrected chi connectivity index (χ4v) is 4.00. The average Bonchev–Trinajstić information content (AvgIpc) is 3.19. The number of esters is 1. The van der Waals surface area contributed by atoms with Crippen LogP contribution in [0.15, 0.2) is 24.3 Å².